The summed E-state index contributed by atoms with van der Waals surface area (Å²) in [5, 5.41) is 12.4. The Kier molecular flexibility index (Phi) is 4.65. The summed E-state index contributed by atoms with van der Waals surface area (Å²) in [6, 6.07) is 5.37. The molecule has 2 aliphatic carbocycles. The monoisotopic (exact) mass is 403 g/mol. The molecule has 2 amide bonds. The minimum absolute atomic E-state index is 0.0139. The highest BCUT2D eigenvalue weighted by molar-refractivity contribution is 8.01. The van der Waals surface area contributed by atoms with Crippen LogP contribution in [0.25, 0.3) is 10.2 Å². The summed E-state index contributed by atoms with van der Waals surface area (Å²) in [5.74, 6) is -2.69. The second-order valence-corrected chi connectivity index (χ2v) is 9.00. The Morgan fingerprint density at radius 2 is 2.00 bits per heavy atom. The number of carbonyl (C=O) groups excluding carboxylic acids is 2. The normalized spacial score (nSPS) is 25.8. The molecular formula is C18H17N3O4S2. The van der Waals surface area contributed by atoms with Gasteiger partial charge in [0.05, 0.1) is 27.8 Å². The summed E-state index contributed by atoms with van der Waals surface area (Å²) in [6.07, 6.45) is 4.61. The van der Waals surface area contributed by atoms with Crippen LogP contribution in [0.4, 0.5) is 5.69 Å². The molecule has 1 aromatic heterocycles. The van der Waals surface area contributed by atoms with Crippen molar-refractivity contribution in [1.82, 2.24) is 4.98 Å². The van der Waals surface area contributed by atoms with E-state index in [0.717, 1.165) is 21.0 Å². The van der Waals surface area contributed by atoms with E-state index in [1.54, 1.807) is 12.1 Å². The molecule has 9 heteroatoms. The number of aliphatic carboxylic acids is 1. The molecule has 27 heavy (non-hydrogen) atoms. The molecule has 0 spiro atoms. The molecule has 2 aliphatic rings. The van der Waals surface area contributed by atoms with Gasteiger partial charge in [0.15, 0.2) is 4.34 Å². The van der Waals surface area contributed by atoms with E-state index in [1.807, 2.05) is 18.2 Å². The first kappa shape index (κ1) is 18.0. The van der Waals surface area contributed by atoms with Gasteiger partial charge < -0.3 is 16.2 Å². The number of primary amides is 1. The smallest absolute Gasteiger partial charge is 0.307 e. The molecule has 140 valence electrons. The lowest BCUT2D eigenvalue weighted by molar-refractivity contribution is -0.146. The number of carboxylic acid groups (broad SMARTS) is 1. The van der Waals surface area contributed by atoms with Crippen LogP contribution in [0.2, 0.25) is 0 Å². The fourth-order valence-electron chi connectivity index (χ4n) is 3.92. The zero-order chi connectivity index (χ0) is 19.1. The summed E-state index contributed by atoms with van der Waals surface area (Å²) in [4.78, 5) is 39.7. The summed E-state index contributed by atoms with van der Waals surface area (Å²) in [5.41, 5.74) is 6.54. The Balaban J connectivity index is 1.51. The molecule has 7 nitrogen and oxygen atoms in total. The van der Waals surface area contributed by atoms with Gasteiger partial charge in [-0.3, -0.25) is 14.4 Å². The van der Waals surface area contributed by atoms with E-state index < -0.39 is 23.7 Å². The van der Waals surface area contributed by atoms with Crippen LogP contribution in [-0.4, -0.2) is 33.6 Å². The van der Waals surface area contributed by atoms with Crippen LogP contribution in [0.3, 0.4) is 0 Å². The van der Waals surface area contributed by atoms with Crippen molar-refractivity contribution < 1.29 is 19.5 Å². The number of allylic oxidation sites excluding steroid dienone is 2. The number of thiazole rings is 1. The van der Waals surface area contributed by atoms with Crippen LogP contribution in [0, 0.1) is 23.7 Å². The average molecular weight is 403 g/mol. The predicted octanol–water partition coefficient (Wildman–Crippen LogP) is 2.34. The molecule has 1 heterocycles. The van der Waals surface area contributed by atoms with Crippen molar-refractivity contribution in [3.63, 3.8) is 0 Å². The summed E-state index contributed by atoms with van der Waals surface area (Å²) in [7, 11) is 0. The molecule has 4 N–H and O–H groups in total. The number of nitrogens with two attached hydrogens (primary N) is 1. The highest BCUT2D eigenvalue weighted by atomic mass is 32.2. The maximum atomic E-state index is 12.8. The standard InChI is InChI=1S/C18H17N3O4S2/c19-13(22)7-26-18-21-11-4-3-10(6-12(11)27-18)20-16(23)14-8-1-2-9(5-8)15(14)17(24)25/h1-4,6,8-9,14-15H,5,7H2,(H2,19,22)(H,20,23)(H,24,25)/t8-,9-,14+,15+/m0/s1. The van der Waals surface area contributed by atoms with Crippen molar-refractivity contribution in [2.75, 3.05) is 11.1 Å². The minimum Gasteiger partial charge on any atom is -0.481 e. The van der Waals surface area contributed by atoms with Gasteiger partial charge in [0.1, 0.15) is 0 Å². The first-order valence-corrected chi connectivity index (χ1v) is 10.3. The topological polar surface area (TPSA) is 122 Å². The Morgan fingerprint density at radius 3 is 2.70 bits per heavy atom. The van der Waals surface area contributed by atoms with E-state index >= 15 is 0 Å². The van der Waals surface area contributed by atoms with E-state index in [1.165, 1.54) is 23.1 Å². The van der Waals surface area contributed by atoms with Crippen molar-refractivity contribution in [2.24, 2.45) is 29.4 Å². The van der Waals surface area contributed by atoms with Gasteiger partial charge in [0, 0.05) is 5.69 Å². The molecule has 0 radical (unpaired) electrons. The summed E-state index contributed by atoms with van der Waals surface area (Å²) in [6.45, 7) is 0. The molecule has 2 aromatic rings. The summed E-state index contributed by atoms with van der Waals surface area (Å²) < 4.78 is 1.61. The number of anilines is 1. The third-order valence-electron chi connectivity index (χ3n) is 5.02. The molecule has 2 bridgehead atoms. The Labute approximate surface area is 163 Å². The number of fused-ring (bicyclic) bond motifs is 3. The van der Waals surface area contributed by atoms with Gasteiger partial charge in [-0.05, 0) is 36.5 Å². The predicted molar refractivity (Wildman–Crippen MR) is 104 cm³/mol. The van der Waals surface area contributed by atoms with Gasteiger partial charge in [-0.2, -0.15) is 0 Å². The number of benzene rings is 1. The fraction of sp³-hybridized carbons (Fsp3) is 0.333. The zero-order valence-electron chi connectivity index (χ0n) is 14.1. The SMILES string of the molecule is NC(=O)CSc1nc2ccc(NC(=O)[C@H]3[C@H](C(=O)O)[C@H]4C=C[C@H]3C4)cc2s1. The molecule has 0 unspecified atom stereocenters. The molecule has 4 atom stereocenters. The van der Waals surface area contributed by atoms with Crippen LogP contribution in [-0.2, 0) is 14.4 Å². The Morgan fingerprint density at radius 1 is 1.26 bits per heavy atom. The Hall–Kier alpha value is -2.39. The van der Waals surface area contributed by atoms with Crippen molar-refractivity contribution in [1.29, 1.82) is 0 Å². The van der Waals surface area contributed by atoms with Crippen molar-refractivity contribution in [3.8, 4) is 0 Å². The Bertz CT molecular complexity index is 971. The van der Waals surface area contributed by atoms with Crippen molar-refractivity contribution in [2.45, 2.75) is 10.8 Å². The van der Waals surface area contributed by atoms with Crippen LogP contribution in [0.5, 0.6) is 0 Å². The molecule has 4 rings (SSSR count). The maximum Gasteiger partial charge on any atom is 0.307 e. The number of hydrogen-bond donors (Lipinski definition) is 3. The van der Waals surface area contributed by atoms with E-state index in [2.05, 4.69) is 10.3 Å². The second-order valence-electron chi connectivity index (χ2n) is 6.74. The van der Waals surface area contributed by atoms with Gasteiger partial charge in [-0.1, -0.05) is 23.9 Å². The van der Waals surface area contributed by atoms with Crippen LogP contribution in [0.1, 0.15) is 6.42 Å². The third kappa shape index (κ3) is 3.44. The molecule has 0 aliphatic heterocycles. The second kappa shape index (κ2) is 6.97. The highest BCUT2D eigenvalue weighted by Crippen LogP contribution is 2.48. The van der Waals surface area contributed by atoms with Crippen molar-refractivity contribution in [3.05, 3.63) is 30.4 Å². The number of carboxylic acids is 1. The number of nitrogens with zero attached hydrogens (tertiary/aromatic N) is 1. The highest BCUT2D eigenvalue weighted by Gasteiger charge is 2.51. The van der Waals surface area contributed by atoms with E-state index in [9.17, 15) is 19.5 Å². The fourth-order valence-corrected chi connectivity index (χ4v) is 5.76. The minimum atomic E-state index is -0.916. The molecule has 1 fully saturated rings. The van der Waals surface area contributed by atoms with Gasteiger partial charge >= 0.3 is 5.97 Å². The average Bonchev–Trinajstić information content (AvgIpc) is 3.32. The number of carbonyl (C=O) groups is 3. The van der Waals surface area contributed by atoms with Crippen LogP contribution >= 0.6 is 23.1 Å². The van der Waals surface area contributed by atoms with E-state index in [4.69, 9.17) is 5.73 Å². The lowest BCUT2D eigenvalue weighted by Crippen LogP contribution is -2.36. The molecule has 1 saturated carbocycles. The lowest BCUT2D eigenvalue weighted by Gasteiger charge is -2.23. The number of thioether (sulfide) groups is 1. The van der Waals surface area contributed by atoms with Gasteiger partial charge in [-0.15, -0.1) is 11.3 Å². The van der Waals surface area contributed by atoms with Gasteiger partial charge in [0.25, 0.3) is 0 Å². The largest absolute Gasteiger partial charge is 0.481 e. The molecular weight excluding hydrogens is 386 g/mol. The molecule has 1 aromatic carbocycles. The number of rotatable bonds is 6. The van der Waals surface area contributed by atoms with E-state index in [0.29, 0.717) is 5.69 Å². The zero-order valence-corrected chi connectivity index (χ0v) is 15.8. The van der Waals surface area contributed by atoms with Gasteiger partial charge in [-0.25, -0.2) is 4.98 Å². The van der Waals surface area contributed by atoms with Crippen molar-refractivity contribution >= 4 is 56.8 Å². The van der Waals surface area contributed by atoms with Gasteiger partial charge in [0.2, 0.25) is 11.8 Å². The number of nitrogens with one attached hydrogen (secondary N) is 1. The van der Waals surface area contributed by atoms with Crippen LogP contribution < -0.4 is 11.1 Å². The maximum absolute atomic E-state index is 12.8. The van der Waals surface area contributed by atoms with Crippen LogP contribution in [0.15, 0.2) is 34.7 Å². The third-order valence-corrected chi connectivity index (χ3v) is 7.20. The first-order chi connectivity index (χ1) is 12.9. The number of hydrogen-bond acceptors (Lipinski definition) is 6. The molecule has 0 saturated heterocycles. The number of aromatic nitrogens is 1. The first-order valence-electron chi connectivity index (χ1n) is 8.46. The van der Waals surface area contributed by atoms with E-state index in [-0.39, 0.29) is 23.5 Å². The number of amides is 2. The quantitative estimate of drug-likeness (QED) is 0.503. The summed E-state index contributed by atoms with van der Waals surface area (Å²) >= 11 is 2.70. The lowest BCUT2D eigenvalue weighted by atomic mass is 9.82.